The molecule has 3 rings (SSSR count). The predicted molar refractivity (Wildman–Crippen MR) is 100 cm³/mol. The van der Waals surface area contributed by atoms with Crippen LogP contribution in [0.3, 0.4) is 0 Å². The standard InChI is InChI=1S/C21H20FNO4/c1-14-18(16-7-9-17(22)10-8-16)23(11-12-24)21(26)20(19(14)25)27-13-15-5-3-2-4-6-15/h2-10,24,26H,11-13H2,1H3. The molecule has 0 bridgehead atoms. The minimum atomic E-state index is -0.447. The summed E-state index contributed by atoms with van der Waals surface area (Å²) in [5.41, 5.74) is 1.72. The zero-order valence-electron chi connectivity index (χ0n) is 14.9. The Bertz CT molecular complexity index is 982. The van der Waals surface area contributed by atoms with Gasteiger partial charge in [-0.3, -0.25) is 4.79 Å². The SMILES string of the molecule is Cc1c(-c2ccc(F)cc2)n(CCO)c(O)c(OCc2ccccc2)c1=O. The van der Waals surface area contributed by atoms with E-state index in [-0.39, 0.29) is 31.4 Å². The van der Waals surface area contributed by atoms with Crippen LogP contribution < -0.4 is 10.2 Å². The van der Waals surface area contributed by atoms with Crippen molar-refractivity contribution in [2.45, 2.75) is 20.1 Å². The lowest BCUT2D eigenvalue weighted by Gasteiger charge is -2.20. The quantitative estimate of drug-likeness (QED) is 0.700. The van der Waals surface area contributed by atoms with Gasteiger partial charge in [-0.15, -0.1) is 0 Å². The summed E-state index contributed by atoms with van der Waals surface area (Å²) >= 11 is 0. The molecule has 2 N–H and O–H groups in total. The molecule has 1 aromatic heterocycles. The van der Waals surface area contributed by atoms with Gasteiger partial charge in [0.25, 0.3) is 0 Å². The Labute approximate surface area is 155 Å². The van der Waals surface area contributed by atoms with E-state index in [0.29, 0.717) is 16.8 Å². The molecular weight excluding hydrogens is 349 g/mol. The Kier molecular flexibility index (Phi) is 5.57. The molecule has 0 radical (unpaired) electrons. The van der Waals surface area contributed by atoms with Crippen molar-refractivity contribution in [2.75, 3.05) is 6.61 Å². The number of hydrogen-bond acceptors (Lipinski definition) is 4. The lowest BCUT2D eigenvalue weighted by atomic mass is 10.0. The van der Waals surface area contributed by atoms with Gasteiger partial charge in [0.15, 0.2) is 0 Å². The van der Waals surface area contributed by atoms with Gasteiger partial charge >= 0.3 is 0 Å². The summed E-state index contributed by atoms with van der Waals surface area (Å²) in [7, 11) is 0. The van der Waals surface area contributed by atoms with Gasteiger partial charge < -0.3 is 19.5 Å². The highest BCUT2D eigenvalue weighted by Crippen LogP contribution is 2.32. The van der Waals surface area contributed by atoms with E-state index in [1.807, 2.05) is 30.3 Å². The first-order valence-corrected chi connectivity index (χ1v) is 8.52. The Morgan fingerprint density at radius 1 is 1.07 bits per heavy atom. The normalized spacial score (nSPS) is 10.8. The first kappa shape index (κ1) is 18.7. The molecule has 0 fully saturated rings. The summed E-state index contributed by atoms with van der Waals surface area (Å²) in [5, 5.41) is 20.1. The lowest BCUT2D eigenvalue weighted by Crippen LogP contribution is -2.19. The highest BCUT2D eigenvalue weighted by molar-refractivity contribution is 5.66. The van der Waals surface area contributed by atoms with Gasteiger partial charge in [0.05, 0.1) is 12.3 Å². The second-order valence-corrected chi connectivity index (χ2v) is 6.11. The molecule has 6 heteroatoms. The number of aromatic hydroxyl groups is 1. The van der Waals surface area contributed by atoms with Crippen LogP contribution in [-0.4, -0.2) is 21.4 Å². The van der Waals surface area contributed by atoms with Crippen molar-refractivity contribution in [2.24, 2.45) is 0 Å². The van der Waals surface area contributed by atoms with Crippen molar-refractivity contribution in [1.29, 1.82) is 0 Å². The van der Waals surface area contributed by atoms with E-state index >= 15 is 0 Å². The number of aliphatic hydroxyl groups excluding tert-OH is 1. The molecule has 3 aromatic rings. The zero-order chi connectivity index (χ0) is 19.4. The van der Waals surface area contributed by atoms with Crippen LogP contribution >= 0.6 is 0 Å². The number of benzene rings is 2. The van der Waals surface area contributed by atoms with E-state index in [1.165, 1.54) is 28.8 Å². The number of pyridine rings is 1. The number of rotatable bonds is 6. The molecule has 1 heterocycles. The van der Waals surface area contributed by atoms with Crippen LogP contribution in [0.1, 0.15) is 11.1 Å². The number of ether oxygens (including phenoxy) is 1. The molecule has 0 aliphatic rings. The lowest BCUT2D eigenvalue weighted by molar-refractivity contribution is 0.250. The summed E-state index contributed by atoms with van der Waals surface area (Å²) in [6, 6.07) is 14.9. The Morgan fingerprint density at radius 3 is 2.37 bits per heavy atom. The number of aromatic nitrogens is 1. The molecule has 140 valence electrons. The van der Waals surface area contributed by atoms with E-state index in [9.17, 15) is 19.4 Å². The topological polar surface area (TPSA) is 71.7 Å². The molecule has 0 atom stereocenters. The molecule has 2 aromatic carbocycles. The molecule has 0 unspecified atom stereocenters. The molecule has 0 spiro atoms. The minimum absolute atomic E-state index is 0.0569. The summed E-state index contributed by atoms with van der Waals surface area (Å²) in [4.78, 5) is 12.8. The van der Waals surface area contributed by atoms with Crippen molar-refractivity contribution in [3.05, 3.63) is 81.8 Å². The molecule has 0 saturated heterocycles. The molecular formula is C21H20FNO4. The van der Waals surface area contributed by atoms with Gasteiger partial charge in [0.1, 0.15) is 12.4 Å². The van der Waals surface area contributed by atoms with Crippen molar-refractivity contribution in [1.82, 2.24) is 4.57 Å². The van der Waals surface area contributed by atoms with Gasteiger partial charge in [-0.2, -0.15) is 0 Å². The maximum Gasteiger partial charge on any atom is 0.239 e. The van der Waals surface area contributed by atoms with E-state index in [0.717, 1.165) is 5.56 Å². The zero-order valence-corrected chi connectivity index (χ0v) is 14.9. The smallest absolute Gasteiger partial charge is 0.239 e. The van der Waals surface area contributed by atoms with Crippen LogP contribution in [0, 0.1) is 12.7 Å². The first-order chi connectivity index (χ1) is 13.0. The van der Waals surface area contributed by atoms with Crippen molar-refractivity contribution in [3.63, 3.8) is 0 Å². The second-order valence-electron chi connectivity index (χ2n) is 6.11. The predicted octanol–water partition coefficient (Wildman–Crippen LogP) is 3.24. The maximum absolute atomic E-state index is 13.3. The van der Waals surface area contributed by atoms with Crippen LogP contribution in [0.5, 0.6) is 11.6 Å². The first-order valence-electron chi connectivity index (χ1n) is 8.52. The number of hydrogen-bond donors (Lipinski definition) is 2. The summed E-state index contributed by atoms with van der Waals surface area (Å²) in [6.07, 6.45) is 0. The molecule has 0 aliphatic carbocycles. The fourth-order valence-corrected chi connectivity index (χ4v) is 2.97. The van der Waals surface area contributed by atoms with E-state index in [1.54, 1.807) is 6.92 Å². The summed E-state index contributed by atoms with van der Waals surface area (Å²) in [6.45, 7) is 1.55. The number of nitrogens with zero attached hydrogens (tertiary/aromatic N) is 1. The van der Waals surface area contributed by atoms with Crippen LogP contribution in [0.25, 0.3) is 11.3 Å². The third-order valence-electron chi connectivity index (χ3n) is 4.30. The van der Waals surface area contributed by atoms with Gasteiger partial charge in [-0.1, -0.05) is 30.3 Å². The maximum atomic E-state index is 13.3. The van der Waals surface area contributed by atoms with Crippen LogP contribution in [0.2, 0.25) is 0 Å². The Hall–Kier alpha value is -3.12. The highest BCUT2D eigenvalue weighted by Gasteiger charge is 2.21. The van der Waals surface area contributed by atoms with E-state index < -0.39 is 11.2 Å². The molecule has 0 aliphatic heterocycles. The van der Waals surface area contributed by atoms with E-state index in [2.05, 4.69) is 0 Å². The average molecular weight is 369 g/mol. The largest absolute Gasteiger partial charge is 0.492 e. The highest BCUT2D eigenvalue weighted by atomic mass is 19.1. The number of aliphatic hydroxyl groups is 1. The molecule has 27 heavy (non-hydrogen) atoms. The number of halogens is 1. The Morgan fingerprint density at radius 2 is 1.74 bits per heavy atom. The van der Waals surface area contributed by atoms with Crippen LogP contribution in [-0.2, 0) is 13.2 Å². The van der Waals surface area contributed by atoms with Crippen molar-refractivity contribution >= 4 is 0 Å². The van der Waals surface area contributed by atoms with Crippen molar-refractivity contribution in [3.8, 4) is 22.9 Å². The van der Waals surface area contributed by atoms with Gasteiger partial charge in [0.2, 0.25) is 17.1 Å². The summed E-state index contributed by atoms with van der Waals surface area (Å²) < 4.78 is 20.3. The third-order valence-corrected chi connectivity index (χ3v) is 4.30. The van der Waals surface area contributed by atoms with Crippen molar-refractivity contribution < 1.29 is 19.3 Å². The minimum Gasteiger partial charge on any atom is -0.492 e. The monoisotopic (exact) mass is 369 g/mol. The molecule has 0 amide bonds. The fraction of sp³-hybridized carbons (Fsp3) is 0.190. The molecule has 0 saturated carbocycles. The molecule has 5 nitrogen and oxygen atoms in total. The van der Waals surface area contributed by atoms with E-state index in [4.69, 9.17) is 4.74 Å². The fourth-order valence-electron chi connectivity index (χ4n) is 2.97. The average Bonchev–Trinajstić information content (AvgIpc) is 2.68. The van der Waals surface area contributed by atoms with Gasteiger partial charge in [-0.05, 0) is 42.3 Å². The van der Waals surface area contributed by atoms with Gasteiger partial charge in [0, 0.05) is 12.1 Å². The second kappa shape index (κ2) is 8.05. The third kappa shape index (κ3) is 3.85. The van der Waals surface area contributed by atoms with Crippen LogP contribution in [0.4, 0.5) is 4.39 Å². The Balaban J connectivity index is 2.08. The van der Waals surface area contributed by atoms with Gasteiger partial charge in [-0.25, -0.2) is 4.39 Å². The van der Waals surface area contributed by atoms with Crippen LogP contribution in [0.15, 0.2) is 59.4 Å². The summed E-state index contributed by atoms with van der Waals surface area (Å²) in [5.74, 6) is -0.940.